The number of ether oxygens (including phenoxy) is 1. The van der Waals surface area contributed by atoms with E-state index in [4.69, 9.17) is 4.74 Å². The molecule has 19 heavy (non-hydrogen) atoms. The Balaban J connectivity index is 2.16. The van der Waals surface area contributed by atoms with Gasteiger partial charge in [-0.15, -0.1) is 0 Å². The number of nitrogens with zero attached hydrogens (tertiary/aromatic N) is 1. The van der Waals surface area contributed by atoms with Crippen LogP contribution in [-0.4, -0.2) is 16.2 Å². The summed E-state index contributed by atoms with van der Waals surface area (Å²) >= 11 is 0. The Labute approximate surface area is 116 Å². The second-order valence-electron chi connectivity index (χ2n) is 6.24. The third-order valence-corrected chi connectivity index (χ3v) is 4.08. The van der Waals surface area contributed by atoms with Gasteiger partial charge in [0.1, 0.15) is 5.75 Å². The summed E-state index contributed by atoms with van der Waals surface area (Å²) in [5, 5.41) is 10.7. The van der Waals surface area contributed by atoms with E-state index in [0.29, 0.717) is 0 Å². The number of aliphatic hydroxyl groups is 1. The highest BCUT2D eigenvalue weighted by molar-refractivity contribution is 5.26. The second-order valence-corrected chi connectivity index (χ2v) is 6.24. The van der Waals surface area contributed by atoms with Crippen molar-refractivity contribution in [3.63, 3.8) is 0 Å². The van der Waals surface area contributed by atoms with E-state index in [1.807, 2.05) is 19.9 Å². The summed E-state index contributed by atoms with van der Waals surface area (Å²) in [6.45, 7) is 6.17. The number of aliphatic hydroxyl groups excluding tert-OH is 1. The number of hydrogen-bond donors (Lipinski definition) is 1. The zero-order chi connectivity index (χ0) is 13.9. The van der Waals surface area contributed by atoms with Gasteiger partial charge in [-0.1, -0.05) is 26.2 Å². The minimum absolute atomic E-state index is 0.0175. The van der Waals surface area contributed by atoms with Crippen LogP contribution in [0.3, 0.4) is 0 Å². The lowest BCUT2D eigenvalue weighted by atomic mass is 9.70. The van der Waals surface area contributed by atoms with Crippen LogP contribution in [0.25, 0.3) is 0 Å². The predicted octanol–water partition coefficient (Wildman–Crippen LogP) is 3.87. The first kappa shape index (κ1) is 14.3. The second kappa shape index (κ2) is 5.91. The Bertz CT molecular complexity index is 411. The van der Waals surface area contributed by atoms with Crippen molar-refractivity contribution in [1.29, 1.82) is 0 Å². The van der Waals surface area contributed by atoms with Gasteiger partial charge in [-0.2, -0.15) is 0 Å². The molecular formula is C16H25NO2. The number of aromatic nitrogens is 1. The van der Waals surface area contributed by atoms with E-state index in [0.717, 1.165) is 24.2 Å². The molecule has 1 fully saturated rings. The van der Waals surface area contributed by atoms with E-state index in [1.165, 1.54) is 19.3 Å². The molecule has 1 saturated carbocycles. The van der Waals surface area contributed by atoms with Gasteiger partial charge in [0.15, 0.2) is 0 Å². The van der Waals surface area contributed by atoms with Crippen LogP contribution in [0.1, 0.15) is 64.5 Å². The molecule has 1 aromatic heterocycles. The van der Waals surface area contributed by atoms with Gasteiger partial charge in [0.2, 0.25) is 0 Å². The Morgan fingerprint density at radius 2 is 1.89 bits per heavy atom. The topological polar surface area (TPSA) is 42.4 Å². The molecule has 0 radical (unpaired) electrons. The smallest absolute Gasteiger partial charge is 0.138 e. The van der Waals surface area contributed by atoms with Gasteiger partial charge < -0.3 is 9.84 Å². The Morgan fingerprint density at radius 1 is 1.21 bits per heavy atom. The molecule has 0 amide bonds. The number of rotatable bonds is 4. The summed E-state index contributed by atoms with van der Waals surface area (Å²) in [6, 6.07) is 1.93. The molecule has 0 bridgehead atoms. The van der Waals surface area contributed by atoms with Gasteiger partial charge in [-0.05, 0) is 38.2 Å². The minimum Gasteiger partial charge on any atom is -0.489 e. The zero-order valence-electron chi connectivity index (χ0n) is 12.2. The van der Waals surface area contributed by atoms with Crippen molar-refractivity contribution in [3.8, 4) is 5.75 Å². The quantitative estimate of drug-likeness (QED) is 0.896. The van der Waals surface area contributed by atoms with E-state index in [2.05, 4.69) is 11.9 Å². The van der Waals surface area contributed by atoms with Crippen molar-refractivity contribution in [2.24, 2.45) is 5.41 Å². The predicted molar refractivity (Wildman–Crippen MR) is 76.2 cm³/mol. The lowest BCUT2D eigenvalue weighted by Crippen LogP contribution is -2.28. The molecule has 1 N–H and O–H groups in total. The van der Waals surface area contributed by atoms with Gasteiger partial charge >= 0.3 is 0 Å². The fourth-order valence-electron chi connectivity index (χ4n) is 2.96. The van der Waals surface area contributed by atoms with Crippen molar-refractivity contribution in [1.82, 2.24) is 4.98 Å². The summed E-state index contributed by atoms with van der Waals surface area (Å²) in [6.07, 6.45) is 9.03. The molecular weight excluding hydrogens is 238 g/mol. The Hall–Kier alpha value is -1.09. The maximum Gasteiger partial charge on any atom is 0.138 e. The highest BCUT2D eigenvalue weighted by Gasteiger charge is 2.35. The van der Waals surface area contributed by atoms with Crippen LogP contribution in [-0.2, 0) is 0 Å². The van der Waals surface area contributed by atoms with E-state index >= 15 is 0 Å². The van der Waals surface area contributed by atoms with Gasteiger partial charge in [0, 0.05) is 11.8 Å². The molecule has 0 spiro atoms. The molecule has 2 rings (SSSR count). The lowest BCUT2D eigenvalue weighted by molar-refractivity contribution is 0.00776. The summed E-state index contributed by atoms with van der Waals surface area (Å²) in [4.78, 5) is 4.20. The molecule has 106 valence electrons. The fraction of sp³-hybridized carbons (Fsp3) is 0.688. The summed E-state index contributed by atoms with van der Waals surface area (Å²) in [7, 11) is 0. The molecule has 1 aliphatic rings. The van der Waals surface area contributed by atoms with E-state index < -0.39 is 6.10 Å². The average molecular weight is 263 g/mol. The van der Waals surface area contributed by atoms with Crippen LogP contribution in [0.2, 0.25) is 0 Å². The van der Waals surface area contributed by atoms with E-state index in [9.17, 15) is 5.11 Å². The molecule has 1 unspecified atom stereocenters. The van der Waals surface area contributed by atoms with Crippen molar-refractivity contribution in [2.45, 2.75) is 65.1 Å². The highest BCUT2D eigenvalue weighted by atomic mass is 16.5. The Morgan fingerprint density at radius 3 is 2.53 bits per heavy atom. The first-order valence-electron chi connectivity index (χ1n) is 7.31. The van der Waals surface area contributed by atoms with Crippen LogP contribution in [0.5, 0.6) is 5.75 Å². The first-order chi connectivity index (χ1) is 9.01. The van der Waals surface area contributed by atoms with Crippen LogP contribution < -0.4 is 4.74 Å². The van der Waals surface area contributed by atoms with Crippen LogP contribution in [0, 0.1) is 5.41 Å². The highest BCUT2D eigenvalue weighted by Crippen LogP contribution is 2.45. The fourth-order valence-corrected chi connectivity index (χ4v) is 2.96. The normalized spacial score (nSPS) is 20.3. The molecule has 1 aliphatic carbocycles. The number of pyridine rings is 1. The molecule has 0 saturated heterocycles. The SMILES string of the molecule is CC(C)Oc1cncc(C(O)C2(C)CCCCC2)c1. The van der Waals surface area contributed by atoms with E-state index in [1.54, 1.807) is 12.4 Å². The van der Waals surface area contributed by atoms with Gasteiger partial charge in [-0.3, -0.25) is 4.98 Å². The lowest BCUT2D eigenvalue weighted by Gasteiger charge is -2.38. The first-order valence-corrected chi connectivity index (χ1v) is 7.31. The molecule has 3 nitrogen and oxygen atoms in total. The minimum atomic E-state index is -0.448. The van der Waals surface area contributed by atoms with Crippen molar-refractivity contribution < 1.29 is 9.84 Å². The molecule has 0 aliphatic heterocycles. The molecule has 1 atom stereocenters. The van der Waals surface area contributed by atoms with Gasteiger partial charge in [-0.25, -0.2) is 0 Å². The Kier molecular flexibility index (Phi) is 4.46. The molecule has 3 heteroatoms. The van der Waals surface area contributed by atoms with Crippen LogP contribution in [0.4, 0.5) is 0 Å². The van der Waals surface area contributed by atoms with Crippen molar-refractivity contribution in [3.05, 3.63) is 24.0 Å². The third-order valence-electron chi connectivity index (χ3n) is 4.08. The summed E-state index contributed by atoms with van der Waals surface area (Å²) in [5.41, 5.74) is 0.860. The zero-order valence-corrected chi connectivity index (χ0v) is 12.2. The summed E-state index contributed by atoms with van der Waals surface area (Å²) < 4.78 is 5.65. The van der Waals surface area contributed by atoms with Crippen molar-refractivity contribution in [2.75, 3.05) is 0 Å². The standard InChI is InChI=1S/C16H25NO2/c1-12(2)19-14-9-13(10-17-11-14)15(18)16(3)7-5-4-6-8-16/h9-12,15,18H,4-8H2,1-3H3. The van der Waals surface area contributed by atoms with E-state index in [-0.39, 0.29) is 11.5 Å². The van der Waals surface area contributed by atoms with Crippen LogP contribution in [0.15, 0.2) is 18.5 Å². The third kappa shape index (κ3) is 3.47. The van der Waals surface area contributed by atoms with Gasteiger partial charge in [0.05, 0.1) is 18.4 Å². The monoisotopic (exact) mass is 263 g/mol. The van der Waals surface area contributed by atoms with Crippen LogP contribution >= 0.6 is 0 Å². The average Bonchev–Trinajstić information content (AvgIpc) is 2.38. The number of hydrogen-bond acceptors (Lipinski definition) is 3. The summed E-state index contributed by atoms with van der Waals surface area (Å²) in [5.74, 6) is 0.742. The maximum atomic E-state index is 10.7. The molecule has 1 aromatic rings. The molecule has 0 aromatic carbocycles. The molecule has 1 heterocycles. The largest absolute Gasteiger partial charge is 0.489 e. The van der Waals surface area contributed by atoms with Crippen molar-refractivity contribution >= 4 is 0 Å². The maximum absolute atomic E-state index is 10.7. The van der Waals surface area contributed by atoms with Gasteiger partial charge in [0.25, 0.3) is 0 Å².